The lowest BCUT2D eigenvalue weighted by atomic mass is 10.2. The van der Waals surface area contributed by atoms with Gasteiger partial charge in [0, 0.05) is 6.21 Å². The molecule has 2 N–H and O–H groups in total. The van der Waals surface area contributed by atoms with Gasteiger partial charge in [-0.3, -0.25) is 0 Å². The second kappa shape index (κ2) is 6.55. The first-order valence-corrected chi connectivity index (χ1v) is 3.62. The van der Waals surface area contributed by atoms with Gasteiger partial charge in [-0.15, -0.1) is 0 Å². The average Bonchev–Trinajstić information content (AvgIpc) is 1.87. The second-order valence-corrected chi connectivity index (χ2v) is 2.57. The zero-order valence-corrected chi connectivity index (χ0v) is 6.67. The van der Waals surface area contributed by atoms with Crippen molar-refractivity contribution in [2.75, 3.05) is 13.2 Å². The Labute approximate surface area is 62.1 Å². The van der Waals surface area contributed by atoms with Crippen molar-refractivity contribution in [1.82, 2.24) is 5.43 Å². The molecule has 0 rings (SSSR count). The highest BCUT2D eigenvalue weighted by Gasteiger charge is 1.86. The van der Waals surface area contributed by atoms with Gasteiger partial charge in [-0.2, -0.15) is 5.10 Å². The van der Waals surface area contributed by atoms with Gasteiger partial charge in [0.2, 0.25) is 0 Å². The molecule has 0 atom stereocenters. The third-order valence-corrected chi connectivity index (χ3v) is 0.983. The normalized spacial score (nSPS) is 11.2. The zero-order valence-electron chi connectivity index (χ0n) is 6.67. The predicted octanol–water partition coefficient (Wildman–Crippen LogP) is 0.600. The molecule has 0 aliphatic heterocycles. The summed E-state index contributed by atoms with van der Waals surface area (Å²) in [6.45, 7) is 4.95. The lowest BCUT2D eigenvalue weighted by molar-refractivity contribution is 0.293. The fourth-order valence-corrected chi connectivity index (χ4v) is 0.443. The molecule has 0 bridgehead atoms. The smallest absolute Gasteiger partial charge is 0.0620 e. The van der Waals surface area contributed by atoms with Crippen LogP contribution in [-0.4, -0.2) is 24.5 Å². The number of hydrogen-bond acceptors (Lipinski definition) is 3. The van der Waals surface area contributed by atoms with Crippen molar-refractivity contribution in [3.63, 3.8) is 0 Å². The Morgan fingerprint density at radius 3 is 2.80 bits per heavy atom. The van der Waals surface area contributed by atoms with E-state index in [0.717, 1.165) is 6.42 Å². The van der Waals surface area contributed by atoms with Crippen LogP contribution in [0.2, 0.25) is 0 Å². The van der Waals surface area contributed by atoms with Gasteiger partial charge in [-0.25, -0.2) is 0 Å². The number of nitrogens with zero attached hydrogens (tertiary/aromatic N) is 1. The maximum atomic E-state index is 8.34. The van der Waals surface area contributed by atoms with Crippen LogP contribution in [0.25, 0.3) is 0 Å². The highest BCUT2D eigenvalue weighted by Crippen LogP contribution is 1.93. The molecule has 0 radical (unpaired) electrons. The number of rotatable bonds is 5. The Morgan fingerprint density at radius 2 is 2.30 bits per heavy atom. The average molecular weight is 144 g/mol. The second-order valence-electron chi connectivity index (χ2n) is 2.57. The summed E-state index contributed by atoms with van der Waals surface area (Å²) >= 11 is 0. The zero-order chi connectivity index (χ0) is 7.82. The van der Waals surface area contributed by atoms with Crippen molar-refractivity contribution in [2.24, 2.45) is 11.0 Å². The Balaban J connectivity index is 3.04. The lowest BCUT2D eigenvalue weighted by Crippen LogP contribution is -2.11. The number of hydrazone groups is 1. The summed E-state index contributed by atoms with van der Waals surface area (Å²) in [4.78, 5) is 0. The molecule has 10 heavy (non-hydrogen) atoms. The molecule has 0 aromatic heterocycles. The molecule has 0 aliphatic carbocycles. The summed E-state index contributed by atoms with van der Waals surface area (Å²) in [7, 11) is 0. The lowest BCUT2D eigenvalue weighted by Gasteiger charge is -1.97. The van der Waals surface area contributed by atoms with E-state index in [0.29, 0.717) is 12.5 Å². The predicted molar refractivity (Wildman–Crippen MR) is 43.0 cm³/mol. The molecule has 0 aromatic rings. The molecular formula is C7H16N2O. The molecule has 3 heteroatoms. The van der Waals surface area contributed by atoms with E-state index < -0.39 is 0 Å². The highest BCUT2D eigenvalue weighted by molar-refractivity contribution is 5.56. The van der Waals surface area contributed by atoms with E-state index in [4.69, 9.17) is 5.11 Å². The van der Waals surface area contributed by atoms with Crippen molar-refractivity contribution in [2.45, 2.75) is 20.3 Å². The molecule has 60 valence electrons. The van der Waals surface area contributed by atoms with E-state index in [-0.39, 0.29) is 6.61 Å². The van der Waals surface area contributed by atoms with Crippen LogP contribution in [0.1, 0.15) is 20.3 Å². The number of nitrogens with one attached hydrogen (secondary N) is 1. The molecule has 0 saturated heterocycles. The summed E-state index contributed by atoms with van der Waals surface area (Å²) in [6, 6.07) is 0. The Morgan fingerprint density at radius 1 is 1.60 bits per heavy atom. The number of aliphatic hydroxyl groups excluding tert-OH is 1. The molecule has 3 nitrogen and oxygen atoms in total. The van der Waals surface area contributed by atoms with Gasteiger partial charge >= 0.3 is 0 Å². The SMILES string of the molecule is CC(C)CC=NNCCO. The first-order valence-electron chi connectivity index (χ1n) is 3.62. The van der Waals surface area contributed by atoms with Crippen LogP contribution in [0.3, 0.4) is 0 Å². The monoisotopic (exact) mass is 144 g/mol. The third-order valence-electron chi connectivity index (χ3n) is 0.983. The Kier molecular flexibility index (Phi) is 6.18. The Hall–Kier alpha value is -0.570. The van der Waals surface area contributed by atoms with E-state index in [2.05, 4.69) is 24.4 Å². The summed E-state index contributed by atoms with van der Waals surface area (Å²) in [5.41, 5.74) is 2.71. The van der Waals surface area contributed by atoms with Crippen LogP contribution in [0.4, 0.5) is 0 Å². The Bertz CT molecular complexity index is 91.6. The maximum Gasteiger partial charge on any atom is 0.0620 e. The van der Waals surface area contributed by atoms with E-state index in [1.165, 1.54) is 0 Å². The molecule has 0 saturated carbocycles. The van der Waals surface area contributed by atoms with Crippen LogP contribution < -0.4 is 5.43 Å². The van der Waals surface area contributed by atoms with Gasteiger partial charge in [0.05, 0.1) is 13.2 Å². The van der Waals surface area contributed by atoms with Crippen molar-refractivity contribution < 1.29 is 5.11 Å². The van der Waals surface area contributed by atoms with Crippen LogP contribution in [-0.2, 0) is 0 Å². The maximum absolute atomic E-state index is 8.34. The summed E-state index contributed by atoms with van der Waals surface area (Å²) < 4.78 is 0. The fraction of sp³-hybridized carbons (Fsp3) is 0.857. The van der Waals surface area contributed by atoms with Crippen molar-refractivity contribution >= 4 is 6.21 Å². The number of hydrogen-bond donors (Lipinski definition) is 2. The fourth-order valence-electron chi connectivity index (χ4n) is 0.443. The van der Waals surface area contributed by atoms with Crippen LogP contribution in [0.15, 0.2) is 5.10 Å². The third kappa shape index (κ3) is 7.43. The molecule has 0 spiro atoms. The van der Waals surface area contributed by atoms with Crippen molar-refractivity contribution in [1.29, 1.82) is 0 Å². The molecule has 0 heterocycles. The van der Waals surface area contributed by atoms with Crippen LogP contribution in [0, 0.1) is 5.92 Å². The van der Waals surface area contributed by atoms with Gasteiger partial charge in [0.15, 0.2) is 0 Å². The summed E-state index contributed by atoms with van der Waals surface area (Å²) in [5, 5.41) is 12.2. The molecule has 0 aromatic carbocycles. The van der Waals surface area contributed by atoms with Gasteiger partial charge in [-0.1, -0.05) is 13.8 Å². The highest BCUT2D eigenvalue weighted by atomic mass is 16.3. The standard InChI is InChI=1S/C7H16N2O/c1-7(2)3-4-8-9-5-6-10/h4,7,9-10H,3,5-6H2,1-2H3. The van der Waals surface area contributed by atoms with Gasteiger partial charge in [-0.05, 0) is 12.3 Å². The summed E-state index contributed by atoms with van der Waals surface area (Å²) in [5.74, 6) is 0.652. The largest absolute Gasteiger partial charge is 0.394 e. The van der Waals surface area contributed by atoms with Gasteiger partial charge < -0.3 is 10.5 Å². The first-order chi connectivity index (χ1) is 4.77. The minimum Gasteiger partial charge on any atom is -0.394 e. The first kappa shape index (κ1) is 9.43. The molecular weight excluding hydrogens is 128 g/mol. The van der Waals surface area contributed by atoms with Gasteiger partial charge in [0.1, 0.15) is 0 Å². The quantitative estimate of drug-likeness (QED) is 0.337. The van der Waals surface area contributed by atoms with Crippen molar-refractivity contribution in [3.8, 4) is 0 Å². The van der Waals surface area contributed by atoms with Crippen LogP contribution >= 0.6 is 0 Å². The van der Waals surface area contributed by atoms with E-state index in [1.54, 1.807) is 0 Å². The molecule has 0 aliphatic rings. The van der Waals surface area contributed by atoms with E-state index >= 15 is 0 Å². The van der Waals surface area contributed by atoms with E-state index in [9.17, 15) is 0 Å². The minimum atomic E-state index is 0.138. The topological polar surface area (TPSA) is 44.6 Å². The molecule has 0 fully saturated rings. The van der Waals surface area contributed by atoms with Crippen LogP contribution in [0.5, 0.6) is 0 Å². The number of aliphatic hydroxyl groups is 1. The van der Waals surface area contributed by atoms with Gasteiger partial charge in [0.25, 0.3) is 0 Å². The van der Waals surface area contributed by atoms with Crippen molar-refractivity contribution in [3.05, 3.63) is 0 Å². The summed E-state index contributed by atoms with van der Waals surface area (Å²) in [6.07, 6.45) is 2.82. The van der Waals surface area contributed by atoms with E-state index in [1.807, 2.05) is 6.21 Å². The molecule has 0 unspecified atom stereocenters. The minimum absolute atomic E-state index is 0.138. The molecule has 0 amide bonds.